The third-order valence-corrected chi connectivity index (χ3v) is 20.3. The minimum Gasteiger partial charge on any atom is -0.394 e. The van der Waals surface area contributed by atoms with Gasteiger partial charge in [-0.2, -0.15) is 0 Å². The molecule has 4 aliphatic heterocycles. The molecule has 0 aromatic heterocycles. The van der Waals surface area contributed by atoms with Crippen molar-refractivity contribution in [1.82, 2.24) is 52.8 Å². The summed E-state index contributed by atoms with van der Waals surface area (Å²) in [5, 5.41) is 125. The van der Waals surface area contributed by atoms with Crippen molar-refractivity contribution in [3.63, 3.8) is 0 Å². The maximum absolute atomic E-state index is 14.0. The highest BCUT2D eigenvalue weighted by molar-refractivity contribution is 5.80. The Balaban J connectivity index is 1.29. The number of unbranched alkanes of at least 4 members (excludes halogenated alkanes) is 11. The molecule has 0 aromatic rings. The van der Waals surface area contributed by atoms with Gasteiger partial charge in [-0.05, 0) is 83.5 Å². The first-order valence-electron chi connectivity index (χ1n) is 42.0. The first-order valence-corrected chi connectivity index (χ1v) is 42.0. The number of hydrogen-bond acceptors (Lipinski definition) is 30. The Hall–Kier alpha value is -6.39. The van der Waals surface area contributed by atoms with E-state index in [9.17, 15) is 104 Å². The molecule has 19 N–H and O–H groups in total. The third kappa shape index (κ3) is 42.4. The normalized spacial score (nSPS) is 24.9. The minimum atomic E-state index is -1.46. The fraction of sp³-hybridized carbons (Fsp3) is 0.859. The summed E-state index contributed by atoms with van der Waals surface area (Å²) < 4.78 is 52.3. The molecule has 40 nitrogen and oxygen atoms in total. The molecule has 4 saturated heterocycles. The number of likely N-dealkylation sites (tertiary alicyclic amines) is 1. The summed E-state index contributed by atoms with van der Waals surface area (Å²) in [6.07, 6.45) is -3.64. The molecule has 4 heterocycles. The Bertz CT molecular complexity index is 2690. The van der Waals surface area contributed by atoms with Crippen LogP contribution in [-0.2, 0) is 95.4 Å². The van der Waals surface area contributed by atoms with Crippen LogP contribution in [0.15, 0.2) is 0 Å². The number of nitrogens with zero attached hydrogens (tertiary/aromatic N) is 1. The Morgan fingerprint density at radius 2 is 0.669 bits per heavy atom. The standard InChI is InChI=1S/C78H138N10O30/c1-51(92)84-66-72(107)69(104)56(45-89)116-75(66)113-38-17-13-23-59(97)79-32-16-12-22-54(95)29-41-110-48-78(87-64(102)26-10-8-6-4-5-7-9-11-27-65(103)88-37-28-55(96)44-88,49-111-42-30-62(100)82-35-20-33-80-60(98)24-14-18-39-114-76-67(85-52(2)93)73(108)70(105)57(46-90)117-76)50-112-43-31-63(101)83-36-21-34-81-61(99)25-15-19-40-115-77-68(86-53(3)94)74(109)71(106)58(47-91)118-77/h55-58,66-77,89-91,96,104-109H,4-50H2,1-3H3,(H,79,97)(H,80,98)(H,81,99)(H,82,100)(H,83,101)(H,84,92)(H,85,93)(H,86,94)(H,87,102). The van der Waals surface area contributed by atoms with Crippen molar-refractivity contribution in [1.29, 1.82) is 0 Å². The quantitative estimate of drug-likeness (QED) is 0.0258. The van der Waals surface area contributed by atoms with E-state index in [-0.39, 0.29) is 184 Å². The lowest BCUT2D eigenvalue weighted by molar-refractivity contribution is -0.270. The Kier molecular flexibility index (Phi) is 53.0. The van der Waals surface area contributed by atoms with Crippen molar-refractivity contribution in [2.45, 2.75) is 304 Å². The molecule has 0 saturated carbocycles. The first-order chi connectivity index (χ1) is 56.6. The van der Waals surface area contributed by atoms with Crippen LogP contribution >= 0.6 is 0 Å². The fourth-order valence-electron chi connectivity index (χ4n) is 13.6. The zero-order valence-corrected chi connectivity index (χ0v) is 69.1. The first kappa shape index (κ1) is 104. The van der Waals surface area contributed by atoms with Gasteiger partial charge in [0.2, 0.25) is 59.1 Å². The van der Waals surface area contributed by atoms with Crippen LogP contribution in [0.5, 0.6) is 0 Å². The third-order valence-electron chi connectivity index (χ3n) is 20.3. The van der Waals surface area contributed by atoms with E-state index in [1.54, 1.807) is 4.90 Å². The van der Waals surface area contributed by atoms with Gasteiger partial charge < -0.3 is 146 Å². The van der Waals surface area contributed by atoms with Crippen LogP contribution in [0, 0.1) is 0 Å². The average molecular weight is 1700 g/mol. The molecule has 4 aliphatic rings. The zero-order chi connectivity index (χ0) is 86.6. The molecule has 4 fully saturated rings. The van der Waals surface area contributed by atoms with Gasteiger partial charge in [0.05, 0.1) is 65.6 Å². The minimum absolute atomic E-state index is 0.000248. The molecule has 118 heavy (non-hydrogen) atoms. The lowest BCUT2D eigenvalue weighted by Crippen LogP contribution is -2.64. The van der Waals surface area contributed by atoms with E-state index in [1.807, 2.05) is 0 Å². The fourth-order valence-corrected chi connectivity index (χ4v) is 13.6. The molecule has 0 aliphatic carbocycles. The van der Waals surface area contributed by atoms with E-state index in [0.717, 1.165) is 44.9 Å². The number of hydrogen-bond donors (Lipinski definition) is 19. The van der Waals surface area contributed by atoms with E-state index >= 15 is 0 Å². The van der Waals surface area contributed by atoms with Gasteiger partial charge in [0.15, 0.2) is 18.9 Å². The van der Waals surface area contributed by atoms with Crippen LogP contribution in [-0.4, -0.2) is 349 Å². The molecule has 10 amide bonds. The molecule has 4 rings (SSSR count). The smallest absolute Gasteiger partial charge is 0.222 e. The maximum Gasteiger partial charge on any atom is 0.222 e. The van der Waals surface area contributed by atoms with E-state index in [4.69, 9.17) is 42.6 Å². The van der Waals surface area contributed by atoms with E-state index in [1.165, 1.54) is 20.8 Å². The van der Waals surface area contributed by atoms with Crippen LogP contribution in [0.2, 0.25) is 0 Å². The molecule has 0 aromatic carbocycles. The van der Waals surface area contributed by atoms with Crippen molar-refractivity contribution < 1.29 is 146 Å². The van der Waals surface area contributed by atoms with Gasteiger partial charge in [0.1, 0.15) is 84.4 Å². The monoisotopic (exact) mass is 1690 g/mol. The summed E-state index contributed by atoms with van der Waals surface area (Å²) in [4.78, 5) is 141. The molecule has 16 unspecified atom stereocenters. The highest BCUT2D eigenvalue weighted by Crippen LogP contribution is 2.27. The zero-order valence-electron chi connectivity index (χ0n) is 69.1. The molecule has 40 heteroatoms. The lowest BCUT2D eigenvalue weighted by Gasteiger charge is -2.42. The number of rotatable bonds is 64. The lowest BCUT2D eigenvalue weighted by atomic mass is 9.97. The summed E-state index contributed by atoms with van der Waals surface area (Å²) in [6, 6.07) is -3.28. The summed E-state index contributed by atoms with van der Waals surface area (Å²) in [5.41, 5.74) is -1.40. The van der Waals surface area contributed by atoms with Gasteiger partial charge in [0.25, 0.3) is 0 Å². The number of aliphatic hydroxyl groups excluding tert-OH is 10. The molecular formula is C78H138N10O30. The number of carbonyl (C=O) groups is 11. The van der Waals surface area contributed by atoms with Gasteiger partial charge in [-0.1, -0.05) is 38.5 Å². The Morgan fingerprint density at radius 3 is 1.02 bits per heavy atom. The number of β-amino-alcohol motifs (C(OH)–C–C–N with tert-alkyl or cyclic N) is 1. The van der Waals surface area contributed by atoms with E-state index in [2.05, 4.69) is 47.9 Å². The SMILES string of the molecule is CC(=O)NC1C(OCCCCC(=O)NCCCCC(=O)CCOCC(COCCC(=O)NCCCNC(=O)CCCCOC2OC(CO)C(O)C(O)C2NC(C)=O)(COCCC(=O)NCCCNC(=O)CCCCOC2OC(CO)C(O)C(O)C2NC(C)=O)NC(=O)CCCCCCCCCCC(=O)N2CCC(O)C2)OC(CO)C(O)C1O. The molecule has 0 spiro atoms. The van der Waals surface area contributed by atoms with Gasteiger partial charge in [-0.3, -0.25) is 52.7 Å². The number of nitrogens with one attached hydrogen (secondary N) is 9. The van der Waals surface area contributed by atoms with Crippen molar-refractivity contribution in [2.24, 2.45) is 0 Å². The van der Waals surface area contributed by atoms with Crippen LogP contribution in [0.25, 0.3) is 0 Å². The van der Waals surface area contributed by atoms with E-state index in [0.29, 0.717) is 103 Å². The van der Waals surface area contributed by atoms with Crippen molar-refractivity contribution in [3.05, 3.63) is 0 Å². The second-order valence-electron chi connectivity index (χ2n) is 30.6. The molecule has 0 bridgehead atoms. The summed E-state index contributed by atoms with van der Waals surface area (Å²) in [5.74, 6) is -3.33. The van der Waals surface area contributed by atoms with Gasteiger partial charge in [0, 0.05) is 144 Å². The van der Waals surface area contributed by atoms with Crippen LogP contribution in [0.1, 0.15) is 201 Å². The number of carbonyl (C=O) groups excluding carboxylic acids is 11. The maximum atomic E-state index is 14.0. The number of ketones is 1. The Morgan fingerprint density at radius 1 is 0.356 bits per heavy atom. The largest absolute Gasteiger partial charge is 0.394 e. The van der Waals surface area contributed by atoms with Crippen molar-refractivity contribution in [3.8, 4) is 0 Å². The molecule has 680 valence electrons. The molecule has 16 atom stereocenters. The summed E-state index contributed by atoms with van der Waals surface area (Å²) in [6.45, 7) is 3.38. The molecule has 0 radical (unpaired) electrons. The van der Waals surface area contributed by atoms with Crippen LogP contribution in [0.3, 0.4) is 0 Å². The van der Waals surface area contributed by atoms with Gasteiger partial charge in [-0.15, -0.1) is 0 Å². The average Bonchev–Trinajstić information content (AvgIpc) is 0.845. The second-order valence-corrected chi connectivity index (χ2v) is 30.6. The predicted molar refractivity (Wildman–Crippen MR) is 419 cm³/mol. The van der Waals surface area contributed by atoms with Crippen LogP contribution in [0.4, 0.5) is 0 Å². The highest BCUT2D eigenvalue weighted by Gasteiger charge is 2.48. The summed E-state index contributed by atoms with van der Waals surface area (Å²) >= 11 is 0. The number of ether oxygens (including phenoxy) is 9. The molecular weight excluding hydrogens is 1560 g/mol. The second kappa shape index (κ2) is 60.2. The summed E-state index contributed by atoms with van der Waals surface area (Å²) in [7, 11) is 0. The highest BCUT2D eigenvalue weighted by atomic mass is 16.7. The predicted octanol–water partition coefficient (Wildman–Crippen LogP) is -3.95. The topological polar surface area (TPSA) is 585 Å². The Labute approximate surface area is 690 Å². The number of aliphatic hydroxyl groups is 10. The van der Waals surface area contributed by atoms with Gasteiger partial charge >= 0.3 is 0 Å². The van der Waals surface area contributed by atoms with Crippen molar-refractivity contribution in [2.75, 3.05) is 125 Å². The van der Waals surface area contributed by atoms with Crippen molar-refractivity contribution >= 4 is 64.9 Å². The van der Waals surface area contributed by atoms with Crippen LogP contribution < -0.4 is 47.9 Å². The number of Topliss-reactive ketones (excluding diaryl/α,β-unsaturated/α-hetero) is 1. The van der Waals surface area contributed by atoms with E-state index < -0.39 is 141 Å². The van der Waals surface area contributed by atoms with Gasteiger partial charge in [-0.25, -0.2) is 0 Å². The number of amides is 10.